The minimum atomic E-state index is -0.381. The minimum absolute atomic E-state index is 0.0800. The van der Waals surface area contributed by atoms with Gasteiger partial charge in [-0.25, -0.2) is 4.98 Å². The second-order valence-electron chi connectivity index (χ2n) is 5.80. The van der Waals surface area contributed by atoms with Crippen LogP contribution in [0.15, 0.2) is 24.3 Å². The molecule has 1 aromatic heterocycles. The van der Waals surface area contributed by atoms with E-state index in [2.05, 4.69) is 31.1 Å². The van der Waals surface area contributed by atoms with Crippen LogP contribution < -0.4 is 5.32 Å². The molecule has 0 fully saturated rings. The van der Waals surface area contributed by atoms with E-state index in [-0.39, 0.29) is 16.0 Å². The van der Waals surface area contributed by atoms with Crippen molar-refractivity contribution in [3.63, 3.8) is 0 Å². The van der Waals surface area contributed by atoms with E-state index < -0.39 is 0 Å². The van der Waals surface area contributed by atoms with Crippen LogP contribution in [0, 0.1) is 10.1 Å². The zero-order valence-corrected chi connectivity index (χ0v) is 12.2. The number of hydrogen-bond acceptors (Lipinski definition) is 4. The molecule has 0 spiro atoms. The summed E-state index contributed by atoms with van der Waals surface area (Å²) < 4.78 is 0. The number of nitro benzene ring substituents is 1. The fourth-order valence-electron chi connectivity index (χ4n) is 2.15. The molecule has 0 atom stereocenters. The van der Waals surface area contributed by atoms with Gasteiger partial charge in [-0.1, -0.05) is 20.8 Å². The predicted molar refractivity (Wildman–Crippen MR) is 81.3 cm³/mol. The average molecular weight is 273 g/mol. The maximum atomic E-state index is 10.9. The van der Waals surface area contributed by atoms with E-state index >= 15 is 0 Å². The highest BCUT2D eigenvalue weighted by Gasteiger charge is 2.20. The van der Waals surface area contributed by atoms with Crippen molar-refractivity contribution < 1.29 is 4.92 Å². The van der Waals surface area contributed by atoms with Gasteiger partial charge in [-0.05, 0) is 24.5 Å². The van der Waals surface area contributed by atoms with E-state index in [1.165, 1.54) is 6.07 Å². The number of nitro groups is 1. The van der Waals surface area contributed by atoms with Crippen molar-refractivity contribution in [1.82, 2.24) is 4.98 Å². The van der Waals surface area contributed by atoms with Crippen LogP contribution in [0.2, 0.25) is 0 Å². The van der Waals surface area contributed by atoms with Crippen molar-refractivity contribution in [2.45, 2.75) is 33.1 Å². The van der Waals surface area contributed by atoms with Gasteiger partial charge in [-0.15, -0.1) is 0 Å². The van der Waals surface area contributed by atoms with Crippen LogP contribution in [0.25, 0.3) is 10.9 Å². The highest BCUT2D eigenvalue weighted by Crippen LogP contribution is 2.32. The molecular formula is C15H19N3O2. The van der Waals surface area contributed by atoms with Crippen molar-refractivity contribution in [3.05, 3.63) is 39.9 Å². The number of fused-ring (bicyclic) bond motifs is 1. The molecule has 0 saturated heterocycles. The molecule has 20 heavy (non-hydrogen) atoms. The van der Waals surface area contributed by atoms with E-state index in [1.54, 1.807) is 12.1 Å². The zero-order chi connectivity index (χ0) is 14.9. The van der Waals surface area contributed by atoms with E-state index in [0.717, 1.165) is 28.8 Å². The van der Waals surface area contributed by atoms with Gasteiger partial charge >= 0.3 is 0 Å². The number of non-ortho nitro benzene ring substituents is 1. The summed E-state index contributed by atoms with van der Waals surface area (Å²) in [6.07, 6.45) is 0. The van der Waals surface area contributed by atoms with E-state index in [9.17, 15) is 10.1 Å². The molecule has 1 heterocycles. The Balaban J connectivity index is 2.68. The molecule has 0 radical (unpaired) electrons. The first kappa shape index (κ1) is 14.2. The summed E-state index contributed by atoms with van der Waals surface area (Å²) in [6, 6.07) is 6.75. The molecule has 0 aliphatic rings. The number of aromatic nitrogens is 1. The van der Waals surface area contributed by atoms with Gasteiger partial charge < -0.3 is 5.32 Å². The number of rotatable bonds is 3. The lowest BCUT2D eigenvalue weighted by molar-refractivity contribution is -0.384. The maximum absolute atomic E-state index is 10.9. The molecular weight excluding hydrogens is 254 g/mol. The molecule has 2 aromatic rings. The van der Waals surface area contributed by atoms with E-state index in [1.807, 2.05) is 13.0 Å². The van der Waals surface area contributed by atoms with E-state index in [4.69, 9.17) is 0 Å². The molecule has 0 unspecified atom stereocenters. The van der Waals surface area contributed by atoms with Gasteiger partial charge in [0.2, 0.25) is 0 Å². The Morgan fingerprint density at radius 3 is 2.55 bits per heavy atom. The SMILES string of the molecule is CCNc1nc2ccc([N+](=O)[O-])cc2cc1C(C)(C)C. The average Bonchev–Trinajstić information content (AvgIpc) is 2.36. The molecule has 0 saturated carbocycles. The highest BCUT2D eigenvalue weighted by atomic mass is 16.6. The smallest absolute Gasteiger partial charge is 0.270 e. The molecule has 0 amide bonds. The van der Waals surface area contributed by atoms with Crippen LogP contribution in [-0.2, 0) is 5.41 Å². The minimum Gasteiger partial charge on any atom is -0.370 e. The quantitative estimate of drug-likeness (QED) is 0.680. The number of nitrogens with zero attached hydrogens (tertiary/aromatic N) is 2. The van der Waals surface area contributed by atoms with Crippen LogP contribution >= 0.6 is 0 Å². The molecule has 5 heteroatoms. The summed E-state index contributed by atoms with van der Waals surface area (Å²) in [7, 11) is 0. The summed E-state index contributed by atoms with van der Waals surface area (Å²) in [6.45, 7) is 9.12. The van der Waals surface area contributed by atoms with Crippen LogP contribution in [0.4, 0.5) is 11.5 Å². The summed E-state index contributed by atoms with van der Waals surface area (Å²) in [5.41, 5.74) is 1.84. The van der Waals surface area contributed by atoms with Crippen molar-refractivity contribution >= 4 is 22.4 Å². The third-order valence-electron chi connectivity index (χ3n) is 3.16. The first-order chi connectivity index (χ1) is 9.32. The predicted octanol–water partition coefficient (Wildman–Crippen LogP) is 3.87. The lowest BCUT2D eigenvalue weighted by Crippen LogP contribution is -2.16. The standard InChI is InChI=1S/C15H19N3O2/c1-5-16-14-12(15(2,3)4)9-10-8-11(18(19)20)6-7-13(10)17-14/h6-9H,5H2,1-4H3,(H,16,17). The normalized spacial score (nSPS) is 11.6. The van der Waals surface area contributed by atoms with Gasteiger partial charge in [0.25, 0.3) is 5.69 Å². The van der Waals surface area contributed by atoms with Crippen molar-refractivity contribution in [2.24, 2.45) is 0 Å². The van der Waals surface area contributed by atoms with Crippen LogP contribution in [-0.4, -0.2) is 16.5 Å². The van der Waals surface area contributed by atoms with Gasteiger partial charge in [-0.3, -0.25) is 10.1 Å². The first-order valence-corrected chi connectivity index (χ1v) is 6.66. The Hall–Kier alpha value is -2.17. The number of benzene rings is 1. The molecule has 1 aromatic carbocycles. The largest absolute Gasteiger partial charge is 0.370 e. The highest BCUT2D eigenvalue weighted by molar-refractivity contribution is 5.84. The monoisotopic (exact) mass is 273 g/mol. The molecule has 1 N–H and O–H groups in total. The Morgan fingerprint density at radius 1 is 1.30 bits per heavy atom. The van der Waals surface area contributed by atoms with Crippen LogP contribution in [0.5, 0.6) is 0 Å². The van der Waals surface area contributed by atoms with Crippen molar-refractivity contribution in [3.8, 4) is 0 Å². The first-order valence-electron chi connectivity index (χ1n) is 6.66. The number of anilines is 1. The number of hydrogen-bond donors (Lipinski definition) is 1. The number of nitrogens with one attached hydrogen (secondary N) is 1. The lowest BCUT2D eigenvalue weighted by Gasteiger charge is -2.23. The molecule has 0 bridgehead atoms. The van der Waals surface area contributed by atoms with Crippen LogP contribution in [0.3, 0.4) is 0 Å². The third-order valence-corrected chi connectivity index (χ3v) is 3.16. The Kier molecular flexibility index (Phi) is 3.61. The fourth-order valence-corrected chi connectivity index (χ4v) is 2.15. The van der Waals surface area contributed by atoms with Gasteiger partial charge in [0.05, 0.1) is 10.4 Å². The van der Waals surface area contributed by atoms with Crippen molar-refractivity contribution in [1.29, 1.82) is 0 Å². The molecule has 2 rings (SSSR count). The topological polar surface area (TPSA) is 68.1 Å². The molecule has 0 aliphatic heterocycles. The van der Waals surface area contributed by atoms with Gasteiger partial charge in [0.15, 0.2) is 0 Å². The van der Waals surface area contributed by atoms with Gasteiger partial charge in [0.1, 0.15) is 5.82 Å². The summed E-state index contributed by atoms with van der Waals surface area (Å²) in [5, 5.41) is 14.9. The Labute approximate surface area is 118 Å². The summed E-state index contributed by atoms with van der Waals surface area (Å²) in [4.78, 5) is 15.1. The maximum Gasteiger partial charge on any atom is 0.270 e. The molecule has 106 valence electrons. The Bertz CT molecular complexity index is 660. The summed E-state index contributed by atoms with van der Waals surface area (Å²) >= 11 is 0. The second kappa shape index (κ2) is 5.07. The van der Waals surface area contributed by atoms with Crippen molar-refractivity contribution in [2.75, 3.05) is 11.9 Å². The van der Waals surface area contributed by atoms with E-state index in [0.29, 0.717) is 0 Å². The number of pyridine rings is 1. The molecule has 0 aliphatic carbocycles. The second-order valence-corrected chi connectivity index (χ2v) is 5.80. The molecule has 5 nitrogen and oxygen atoms in total. The fraction of sp³-hybridized carbons (Fsp3) is 0.400. The third kappa shape index (κ3) is 2.71. The van der Waals surface area contributed by atoms with Gasteiger partial charge in [-0.2, -0.15) is 0 Å². The van der Waals surface area contributed by atoms with Gasteiger partial charge in [0, 0.05) is 29.6 Å². The Morgan fingerprint density at radius 2 is 2.00 bits per heavy atom. The summed E-state index contributed by atoms with van der Waals surface area (Å²) in [5.74, 6) is 0.848. The lowest BCUT2D eigenvalue weighted by atomic mass is 9.86. The van der Waals surface area contributed by atoms with Crippen LogP contribution in [0.1, 0.15) is 33.3 Å². The zero-order valence-electron chi connectivity index (χ0n) is 12.2.